The van der Waals surface area contributed by atoms with Crippen molar-refractivity contribution in [2.24, 2.45) is 0 Å². The quantitative estimate of drug-likeness (QED) is 0.446. The van der Waals surface area contributed by atoms with E-state index in [0.717, 1.165) is 11.3 Å². The molecular formula is C15H16N2O6S2. The molecule has 1 aromatic heterocycles. The number of nitrogens with one attached hydrogen (secondary N) is 1. The van der Waals surface area contributed by atoms with Crippen LogP contribution in [0.4, 0.5) is 5.00 Å². The van der Waals surface area contributed by atoms with Crippen LogP contribution in [0, 0.1) is 10.1 Å². The molecule has 0 spiro atoms. The van der Waals surface area contributed by atoms with Crippen molar-refractivity contribution >= 4 is 32.3 Å². The highest BCUT2D eigenvalue weighted by Gasteiger charge is 2.17. The zero-order valence-electron chi connectivity index (χ0n) is 13.5. The summed E-state index contributed by atoms with van der Waals surface area (Å²) in [4.78, 5) is 22.1. The number of thiophene rings is 1. The number of hydrogen-bond acceptors (Lipinski definition) is 7. The molecule has 1 heterocycles. The summed E-state index contributed by atoms with van der Waals surface area (Å²) in [5.74, 6) is -0.644. The third-order valence-electron chi connectivity index (χ3n) is 2.98. The first-order chi connectivity index (χ1) is 11.7. The van der Waals surface area contributed by atoms with Crippen molar-refractivity contribution in [3.05, 3.63) is 57.0 Å². The number of ether oxygens (including phenoxy) is 1. The number of benzene rings is 1. The summed E-state index contributed by atoms with van der Waals surface area (Å²) in [5.41, 5.74) is 0.707. The maximum atomic E-state index is 12.0. The van der Waals surface area contributed by atoms with Crippen LogP contribution in [0.5, 0.6) is 0 Å². The monoisotopic (exact) mass is 384 g/mol. The van der Waals surface area contributed by atoms with Gasteiger partial charge in [0.25, 0.3) is 0 Å². The van der Waals surface area contributed by atoms with Crippen molar-refractivity contribution in [3.8, 4) is 0 Å². The molecule has 0 aliphatic rings. The molecule has 0 saturated heterocycles. The smallest absolute Gasteiger partial charge is 0.338 e. The van der Waals surface area contributed by atoms with E-state index in [1.807, 2.05) is 0 Å². The van der Waals surface area contributed by atoms with E-state index in [1.165, 1.54) is 30.3 Å². The van der Waals surface area contributed by atoms with Crippen LogP contribution < -0.4 is 4.72 Å². The number of esters is 1. The predicted octanol–water partition coefficient (Wildman–Crippen LogP) is 2.70. The molecule has 1 aromatic carbocycles. The zero-order valence-corrected chi connectivity index (χ0v) is 15.1. The fourth-order valence-electron chi connectivity index (χ4n) is 1.91. The van der Waals surface area contributed by atoms with Crippen LogP contribution in [0.3, 0.4) is 0 Å². The summed E-state index contributed by atoms with van der Waals surface area (Å²) in [6.45, 7) is 3.31. The van der Waals surface area contributed by atoms with E-state index in [1.54, 1.807) is 19.2 Å². The van der Waals surface area contributed by atoms with E-state index in [0.29, 0.717) is 5.56 Å². The Labute approximate surface area is 148 Å². The van der Waals surface area contributed by atoms with Crippen LogP contribution in [0.15, 0.2) is 40.6 Å². The van der Waals surface area contributed by atoms with Gasteiger partial charge >= 0.3 is 11.0 Å². The molecule has 0 unspecified atom stereocenters. The highest BCUT2D eigenvalue weighted by atomic mass is 32.2. The van der Waals surface area contributed by atoms with Crippen molar-refractivity contribution in [1.29, 1.82) is 0 Å². The van der Waals surface area contributed by atoms with Gasteiger partial charge in [0, 0.05) is 23.1 Å². The average molecular weight is 384 g/mol. The van der Waals surface area contributed by atoms with Gasteiger partial charge < -0.3 is 4.74 Å². The average Bonchev–Trinajstić information content (AvgIpc) is 3.01. The summed E-state index contributed by atoms with van der Waals surface area (Å²) >= 11 is 0.951. The van der Waals surface area contributed by atoms with Crippen LogP contribution in [0.25, 0.3) is 0 Å². The Morgan fingerprint density at radius 3 is 2.48 bits per heavy atom. The second-order valence-electron chi connectivity index (χ2n) is 5.43. The first kappa shape index (κ1) is 19.0. The molecule has 0 amide bonds. The Balaban J connectivity index is 2.01. The summed E-state index contributed by atoms with van der Waals surface area (Å²) in [7, 11) is -3.63. The van der Waals surface area contributed by atoms with Crippen molar-refractivity contribution in [1.82, 2.24) is 4.72 Å². The van der Waals surface area contributed by atoms with Crippen LogP contribution >= 0.6 is 11.3 Å². The Bertz CT molecular complexity index is 872. The molecule has 0 radical (unpaired) electrons. The molecule has 1 N–H and O–H groups in total. The van der Waals surface area contributed by atoms with Gasteiger partial charge in [-0.1, -0.05) is 11.3 Å². The third kappa shape index (κ3) is 5.08. The first-order valence-corrected chi connectivity index (χ1v) is 9.56. The Morgan fingerprint density at radius 2 is 1.96 bits per heavy atom. The molecule has 10 heteroatoms. The molecule has 8 nitrogen and oxygen atoms in total. The molecule has 2 aromatic rings. The summed E-state index contributed by atoms with van der Waals surface area (Å²) < 4.78 is 31.5. The van der Waals surface area contributed by atoms with E-state index in [-0.39, 0.29) is 28.1 Å². The molecule has 0 bridgehead atoms. The van der Waals surface area contributed by atoms with Crippen molar-refractivity contribution in [2.75, 3.05) is 0 Å². The van der Waals surface area contributed by atoms with Crippen molar-refractivity contribution in [3.63, 3.8) is 0 Å². The Hall–Kier alpha value is -2.30. The highest BCUT2D eigenvalue weighted by Crippen LogP contribution is 2.23. The minimum Gasteiger partial charge on any atom is -0.457 e. The van der Waals surface area contributed by atoms with E-state index >= 15 is 0 Å². The number of carbonyl (C=O) groups excluding carboxylic acids is 1. The fourth-order valence-corrected chi connectivity index (χ4v) is 3.88. The lowest BCUT2D eigenvalue weighted by Gasteiger charge is -2.10. The number of nitro groups is 1. The number of hydrogen-bond donors (Lipinski definition) is 1. The molecule has 0 atom stereocenters. The Morgan fingerprint density at radius 1 is 1.32 bits per heavy atom. The van der Waals surface area contributed by atoms with E-state index in [2.05, 4.69) is 4.72 Å². The van der Waals surface area contributed by atoms with Gasteiger partial charge in [0.1, 0.15) is 6.61 Å². The second-order valence-corrected chi connectivity index (χ2v) is 8.03. The third-order valence-corrected chi connectivity index (χ3v) is 5.58. The summed E-state index contributed by atoms with van der Waals surface area (Å²) in [6, 6.07) is 6.43. The topological polar surface area (TPSA) is 116 Å². The van der Waals surface area contributed by atoms with Gasteiger partial charge in [-0.2, -0.15) is 0 Å². The van der Waals surface area contributed by atoms with Crippen LogP contribution in [-0.2, 0) is 21.4 Å². The summed E-state index contributed by atoms with van der Waals surface area (Å²) in [5, 5.41) is 12.1. The van der Waals surface area contributed by atoms with E-state index in [9.17, 15) is 23.3 Å². The molecule has 2 rings (SSSR count). The molecule has 0 aliphatic heterocycles. The van der Waals surface area contributed by atoms with E-state index in [4.69, 9.17) is 4.74 Å². The van der Waals surface area contributed by atoms with Gasteiger partial charge in [-0.3, -0.25) is 10.1 Å². The van der Waals surface area contributed by atoms with Crippen LogP contribution in [0.1, 0.15) is 29.8 Å². The molecule has 0 aliphatic carbocycles. The minimum atomic E-state index is -3.63. The predicted molar refractivity (Wildman–Crippen MR) is 92.0 cm³/mol. The van der Waals surface area contributed by atoms with Gasteiger partial charge in [-0.25, -0.2) is 17.9 Å². The highest BCUT2D eigenvalue weighted by molar-refractivity contribution is 7.89. The lowest BCUT2D eigenvalue weighted by molar-refractivity contribution is -0.380. The second kappa shape index (κ2) is 7.72. The first-order valence-electron chi connectivity index (χ1n) is 7.20. The maximum Gasteiger partial charge on any atom is 0.338 e. The number of rotatable bonds is 7. The molecule has 0 saturated carbocycles. The Kier molecular flexibility index (Phi) is 5.88. The standard InChI is InChI=1S/C15H16N2O6S2/c1-10(2)16-25(21,22)13-5-3-12(4-6-13)15(18)23-8-11-7-14(17(19)20)24-9-11/h3-7,9-10,16H,8H2,1-2H3. The number of sulfonamides is 1. The van der Waals surface area contributed by atoms with Crippen molar-refractivity contribution < 1.29 is 22.9 Å². The normalized spacial score (nSPS) is 11.5. The van der Waals surface area contributed by atoms with Gasteiger partial charge in [0.05, 0.1) is 15.4 Å². The maximum absolute atomic E-state index is 12.0. The van der Waals surface area contributed by atoms with E-state index < -0.39 is 20.9 Å². The summed E-state index contributed by atoms with van der Waals surface area (Å²) in [6.07, 6.45) is 0. The van der Waals surface area contributed by atoms with Crippen LogP contribution in [0.2, 0.25) is 0 Å². The molecular weight excluding hydrogens is 368 g/mol. The number of nitrogens with zero attached hydrogens (tertiary/aromatic N) is 1. The van der Waals surface area contributed by atoms with Gasteiger partial charge in [-0.15, -0.1) is 0 Å². The lowest BCUT2D eigenvalue weighted by atomic mass is 10.2. The van der Waals surface area contributed by atoms with Gasteiger partial charge in [0.2, 0.25) is 10.0 Å². The number of carbonyl (C=O) groups is 1. The van der Waals surface area contributed by atoms with Crippen LogP contribution in [-0.4, -0.2) is 25.4 Å². The van der Waals surface area contributed by atoms with Gasteiger partial charge in [-0.05, 0) is 38.1 Å². The SMILES string of the molecule is CC(C)NS(=O)(=O)c1ccc(C(=O)OCc2csc([N+](=O)[O-])c2)cc1. The van der Waals surface area contributed by atoms with Crippen molar-refractivity contribution in [2.45, 2.75) is 31.4 Å². The zero-order chi connectivity index (χ0) is 18.6. The molecule has 134 valence electrons. The lowest BCUT2D eigenvalue weighted by Crippen LogP contribution is -2.30. The molecule has 0 fully saturated rings. The largest absolute Gasteiger partial charge is 0.457 e. The minimum absolute atomic E-state index is 0.0294. The fraction of sp³-hybridized carbons (Fsp3) is 0.267. The van der Waals surface area contributed by atoms with Gasteiger partial charge in [0.15, 0.2) is 0 Å². The molecule has 25 heavy (non-hydrogen) atoms.